The lowest BCUT2D eigenvalue weighted by atomic mass is 10.1. The Hall–Kier alpha value is -2.19. The summed E-state index contributed by atoms with van der Waals surface area (Å²) in [5.74, 6) is -0.384. The molecule has 0 spiro atoms. The van der Waals surface area contributed by atoms with Crippen molar-refractivity contribution in [1.29, 1.82) is 0 Å². The lowest BCUT2D eigenvalue weighted by molar-refractivity contribution is -0.138. The largest absolute Gasteiger partial charge is 0.481 e. The topological polar surface area (TPSA) is 124 Å². The van der Waals surface area contributed by atoms with Gasteiger partial charge in [0.05, 0.1) is 6.04 Å². The molecule has 2 unspecified atom stereocenters. The molecular weight excluding hydrogens is 252 g/mol. The highest BCUT2D eigenvalue weighted by molar-refractivity contribution is 5.75. The van der Waals surface area contributed by atoms with Crippen molar-refractivity contribution >= 4 is 12.0 Å². The summed E-state index contributed by atoms with van der Waals surface area (Å²) >= 11 is 0. The lowest BCUT2D eigenvalue weighted by Crippen LogP contribution is -2.40. The predicted molar refractivity (Wildman–Crippen MR) is 63.1 cm³/mol. The first-order valence-electron chi connectivity index (χ1n) is 6.07. The summed E-state index contributed by atoms with van der Waals surface area (Å²) < 4.78 is 0. The van der Waals surface area contributed by atoms with Crippen LogP contribution >= 0.6 is 0 Å². The molecular formula is C10H16N6O3. The Balaban J connectivity index is 1.83. The maximum absolute atomic E-state index is 12.0. The van der Waals surface area contributed by atoms with Crippen LogP contribution in [0.5, 0.6) is 0 Å². The number of nitrogens with one attached hydrogen (secondary N) is 2. The maximum atomic E-state index is 12.0. The molecule has 0 saturated carbocycles. The summed E-state index contributed by atoms with van der Waals surface area (Å²) in [5, 5.41) is 24.8. The van der Waals surface area contributed by atoms with Gasteiger partial charge in [0.2, 0.25) is 0 Å². The third kappa shape index (κ3) is 3.39. The number of hydrogen-bond acceptors (Lipinski definition) is 5. The van der Waals surface area contributed by atoms with Crippen molar-refractivity contribution in [2.75, 3.05) is 13.1 Å². The van der Waals surface area contributed by atoms with E-state index < -0.39 is 5.97 Å². The molecule has 9 nitrogen and oxygen atoms in total. The second kappa shape index (κ2) is 5.63. The normalized spacial score (nSPS) is 20.3. The molecule has 1 aliphatic heterocycles. The Morgan fingerprint density at radius 2 is 2.42 bits per heavy atom. The fourth-order valence-corrected chi connectivity index (χ4v) is 2.12. The van der Waals surface area contributed by atoms with Crippen LogP contribution in [0.2, 0.25) is 0 Å². The molecule has 104 valence electrons. The number of rotatable bonds is 4. The molecule has 1 aromatic rings. The number of aromatic nitrogens is 4. The van der Waals surface area contributed by atoms with Crippen LogP contribution in [-0.4, -0.2) is 55.7 Å². The van der Waals surface area contributed by atoms with E-state index >= 15 is 0 Å². The van der Waals surface area contributed by atoms with Crippen molar-refractivity contribution in [2.24, 2.45) is 5.92 Å². The Morgan fingerprint density at radius 3 is 3.05 bits per heavy atom. The van der Waals surface area contributed by atoms with E-state index in [1.807, 2.05) is 0 Å². The number of nitrogens with zero attached hydrogens (tertiary/aromatic N) is 4. The average molecular weight is 268 g/mol. The Bertz CT molecular complexity index is 448. The quantitative estimate of drug-likeness (QED) is 0.692. The first-order chi connectivity index (χ1) is 9.06. The number of carboxylic acids is 1. The summed E-state index contributed by atoms with van der Waals surface area (Å²) in [4.78, 5) is 24.2. The smallest absolute Gasteiger partial charge is 0.317 e. The first-order valence-corrected chi connectivity index (χ1v) is 6.07. The predicted octanol–water partition coefficient (Wildman–Crippen LogP) is -0.233. The zero-order valence-electron chi connectivity index (χ0n) is 10.5. The number of aliphatic carboxylic acids is 1. The van der Waals surface area contributed by atoms with Crippen molar-refractivity contribution in [3.63, 3.8) is 0 Å². The molecule has 2 heterocycles. The Kier molecular flexibility index (Phi) is 3.93. The maximum Gasteiger partial charge on any atom is 0.317 e. The fraction of sp³-hybridized carbons (Fsp3) is 0.700. The molecule has 1 saturated heterocycles. The van der Waals surface area contributed by atoms with Gasteiger partial charge in [0.25, 0.3) is 0 Å². The van der Waals surface area contributed by atoms with Gasteiger partial charge < -0.3 is 15.3 Å². The number of carbonyl (C=O) groups excluding carboxylic acids is 1. The first kappa shape index (κ1) is 13.2. The highest BCUT2D eigenvalue weighted by atomic mass is 16.4. The number of carboxylic acid groups (broad SMARTS) is 1. The molecule has 0 radical (unpaired) electrons. The summed E-state index contributed by atoms with van der Waals surface area (Å²) in [6.45, 7) is 2.80. The van der Waals surface area contributed by atoms with E-state index in [-0.39, 0.29) is 24.4 Å². The summed E-state index contributed by atoms with van der Waals surface area (Å²) in [5.41, 5.74) is 0. The van der Waals surface area contributed by atoms with Crippen LogP contribution < -0.4 is 5.32 Å². The molecule has 0 aromatic carbocycles. The number of aromatic amines is 1. The van der Waals surface area contributed by atoms with Gasteiger partial charge in [-0.25, -0.2) is 4.79 Å². The molecule has 9 heteroatoms. The zero-order chi connectivity index (χ0) is 13.8. The van der Waals surface area contributed by atoms with E-state index in [4.69, 9.17) is 5.11 Å². The second-order valence-corrected chi connectivity index (χ2v) is 4.64. The molecule has 3 N–H and O–H groups in total. The van der Waals surface area contributed by atoms with E-state index in [1.165, 1.54) is 0 Å². The van der Waals surface area contributed by atoms with Gasteiger partial charge in [0.15, 0.2) is 5.82 Å². The van der Waals surface area contributed by atoms with Crippen LogP contribution in [0.1, 0.15) is 31.6 Å². The third-order valence-electron chi connectivity index (χ3n) is 3.13. The van der Waals surface area contributed by atoms with Crippen LogP contribution in [0, 0.1) is 5.92 Å². The number of urea groups is 1. The minimum absolute atomic E-state index is 0.0312. The van der Waals surface area contributed by atoms with Crippen molar-refractivity contribution in [3.05, 3.63) is 5.82 Å². The molecule has 2 amide bonds. The van der Waals surface area contributed by atoms with Gasteiger partial charge in [-0.3, -0.25) is 4.79 Å². The van der Waals surface area contributed by atoms with E-state index in [2.05, 4.69) is 25.9 Å². The molecule has 1 aromatic heterocycles. The number of tetrazole rings is 1. The van der Waals surface area contributed by atoms with Gasteiger partial charge in [-0.15, -0.1) is 10.2 Å². The summed E-state index contributed by atoms with van der Waals surface area (Å²) in [7, 11) is 0. The number of hydrogen-bond donors (Lipinski definition) is 3. The lowest BCUT2D eigenvalue weighted by Gasteiger charge is -2.19. The standard InChI is InChI=1S/C10H16N6O3/c1-6(9-12-14-15-13-9)11-10(19)16-3-2-7(5-16)4-8(17)18/h6-7H,2-5H2,1H3,(H,11,19)(H,17,18)(H,12,13,14,15). The minimum Gasteiger partial charge on any atom is -0.481 e. The molecule has 19 heavy (non-hydrogen) atoms. The highest BCUT2D eigenvalue weighted by Gasteiger charge is 2.28. The van der Waals surface area contributed by atoms with E-state index in [0.717, 1.165) is 6.42 Å². The monoisotopic (exact) mass is 268 g/mol. The molecule has 2 rings (SSSR count). The van der Waals surface area contributed by atoms with Crippen LogP contribution in [0.3, 0.4) is 0 Å². The van der Waals surface area contributed by atoms with E-state index in [9.17, 15) is 9.59 Å². The van der Waals surface area contributed by atoms with Gasteiger partial charge in [-0.1, -0.05) is 5.21 Å². The van der Waals surface area contributed by atoms with E-state index in [0.29, 0.717) is 18.9 Å². The fourth-order valence-electron chi connectivity index (χ4n) is 2.12. The van der Waals surface area contributed by atoms with Gasteiger partial charge >= 0.3 is 12.0 Å². The summed E-state index contributed by atoms with van der Waals surface area (Å²) in [6, 6.07) is -0.574. The van der Waals surface area contributed by atoms with Crippen molar-refractivity contribution < 1.29 is 14.7 Å². The van der Waals surface area contributed by atoms with Crippen molar-refractivity contribution in [1.82, 2.24) is 30.8 Å². The average Bonchev–Trinajstić information content (AvgIpc) is 2.97. The highest BCUT2D eigenvalue weighted by Crippen LogP contribution is 2.20. The van der Waals surface area contributed by atoms with Gasteiger partial charge in [0.1, 0.15) is 0 Å². The van der Waals surface area contributed by atoms with Crippen LogP contribution in [0.25, 0.3) is 0 Å². The SMILES string of the molecule is CC(NC(=O)N1CCC(CC(=O)O)C1)c1nn[nH]n1. The Morgan fingerprint density at radius 1 is 1.63 bits per heavy atom. The van der Waals surface area contributed by atoms with Gasteiger partial charge in [-0.2, -0.15) is 5.21 Å². The minimum atomic E-state index is -0.826. The molecule has 1 fully saturated rings. The molecule has 0 aliphatic carbocycles. The van der Waals surface area contributed by atoms with Crippen LogP contribution in [0.4, 0.5) is 4.79 Å². The number of likely N-dealkylation sites (tertiary alicyclic amines) is 1. The van der Waals surface area contributed by atoms with Crippen LogP contribution in [-0.2, 0) is 4.79 Å². The third-order valence-corrected chi connectivity index (χ3v) is 3.13. The number of H-pyrrole nitrogens is 1. The molecule has 1 aliphatic rings. The van der Waals surface area contributed by atoms with Crippen molar-refractivity contribution in [3.8, 4) is 0 Å². The van der Waals surface area contributed by atoms with Crippen LogP contribution in [0.15, 0.2) is 0 Å². The Labute approximate surface area is 109 Å². The van der Waals surface area contributed by atoms with Crippen molar-refractivity contribution in [2.45, 2.75) is 25.8 Å². The number of amides is 2. The second-order valence-electron chi connectivity index (χ2n) is 4.64. The number of carbonyl (C=O) groups is 2. The summed E-state index contributed by atoms with van der Waals surface area (Å²) in [6.07, 6.45) is 0.820. The zero-order valence-corrected chi connectivity index (χ0v) is 10.5. The molecule has 2 atom stereocenters. The van der Waals surface area contributed by atoms with Gasteiger partial charge in [-0.05, 0) is 19.3 Å². The van der Waals surface area contributed by atoms with Gasteiger partial charge in [0, 0.05) is 19.5 Å². The van der Waals surface area contributed by atoms with E-state index in [1.54, 1.807) is 11.8 Å². The molecule has 0 bridgehead atoms.